The van der Waals surface area contributed by atoms with Crippen LogP contribution in [0.15, 0.2) is 45.6 Å². The van der Waals surface area contributed by atoms with E-state index in [1.807, 2.05) is 0 Å². The van der Waals surface area contributed by atoms with E-state index in [0.29, 0.717) is 28.8 Å². The van der Waals surface area contributed by atoms with Gasteiger partial charge in [0.05, 0.1) is 24.6 Å². The van der Waals surface area contributed by atoms with Crippen molar-refractivity contribution in [2.75, 3.05) is 32.1 Å². The highest BCUT2D eigenvalue weighted by Crippen LogP contribution is 2.20. The van der Waals surface area contributed by atoms with Gasteiger partial charge in [0.15, 0.2) is 0 Å². The van der Waals surface area contributed by atoms with Crippen molar-refractivity contribution in [3.63, 3.8) is 0 Å². The number of benzene rings is 2. The van der Waals surface area contributed by atoms with Gasteiger partial charge in [0.2, 0.25) is 5.91 Å². The Kier molecular flexibility index (Phi) is 7.84. The molecule has 1 amide bonds. The summed E-state index contributed by atoms with van der Waals surface area (Å²) in [6.45, 7) is 4.31. The van der Waals surface area contributed by atoms with Gasteiger partial charge in [-0.1, -0.05) is 18.2 Å². The van der Waals surface area contributed by atoms with Crippen LogP contribution < -0.4 is 21.0 Å². The lowest BCUT2D eigenvalue weighted by molar-refractivity contribution is -0.138. The normalized spacial score (nSPS) is 14.5. The zero-order chi connectivity index (χ0) is 25.7. The van der Waals surface area contributed by atoms with Crippen LogP contribution in [0.3, 0.4) is 0 Å². The first-order valence-corrected chi connectivity index (χ1v) is 11.9. The summed E-state index contributed by atoms with van der Waals surface area (Å²) < 4.78 is 10.5. The summed E-state index contributed by atoms with van der Waals surface area (Å²) >= 11 is 0. The summed E-state index contributed by atoms with van der Waals surface area (Å²) in [4.78, 5) is 43.4. The highest BCUT2D eigenvalue weighted by molar-refractivity contribution is 5.84. The summed E-state index contributed by atoms with van der Waals surface area (Å²) in [7, 11) is 1.56. The molecule has 1 atom stereocenters. The zero-order valence-corrected chi connectivity index (χ0v) is 20.4. The molecule has 3 aromatic rings. The molecule has 4 rings (SSSR count). The maximum Gasteiger partial charge on any atom is 0.348 e. The number of methoxy groups -OCH3 is 1. The quantitative estimate of drug-likeness (QED) is 0.388. The summed E-state index contributed by atoms with van der Waals surface area (Å²) in [6, 6.07) is 9.29. The number of rotatable bonds is 10. The number of hydrogen-bond acceptors (Lipinski definition) is 8. The zero-order valence-electron chi connectivity index (χ0n) is 20.4. The highest BCUT2D eigenvalue weighted by atomic mass is 16.5. The molecule has 36 heavy (non-hydrogen) atoms. The fraction of sp³-hybridized carbons (Fsp3) is 0.385. The number of likely N-dealkylation sites (tertiary alicyclic amines) is 1. The first kappa shape index (κ1) is 25.2. The number of carboxylic acid groups (broad SMARTS) is 1. The predicted molar refractivity (Wildman–Crippen MR) is 134 cm³/mol. The number of nitrogens with one attached hydrogen (secondary N) is 2. The third-order valence-corrected chi connectivity index (χ3v) is 6.41. The topological polar surface area (TPSA) is 134 Å². The monoisotopic (exact) mass is 494 g/mol. The molecule has 0 unspecified atom stereocenters. The largest absolute Gasteiger partial charge is 0.497 e. The van der Waals surface area contributed by atoms with E-state index < -0.39 is 17.6 Å². The van der Waals surface area contributed by atoms with E-state index in [1.54, 1.807) is 50.4 Å². The number of carbonyl (C=O) groups is 2. The lowest BCUT2D eigenvalue weighted by atomic mass is 10.0. The van der Waals surface area contributed by atoms with Gasteiger partial charge in [0, 0.05) is 13.0 Å². The maximum absolute atomic E-state index is 12.8. The molecule has 1 aliphatic rings. The number of carbonyl (C=O) groups excluding carboxylic acids is 1. The van der Waals surface area contributed by atoms with Crippen LogP contribution in [-0.2, 0) is 22.6 Å². The van der Waals surface area contributed by atoms with Crippen LogP contribution in [-0.4, -0.2) is 59.7 Å². The average molecular weight is 495 g/mol. The van der Waals surface area contributed by atoms with Gasteiger partial charge in [0.25, 0.3) is 6.01 Å². The Balaban J connectivity index is 1.47. The second-order valence-electron chi connectivity index (χ2n) is 8.90. The van der Waals surface area contributed by atoms with E-state index in [4.69, 9.17) is 9.15 Å². The molecule has 190 valence electrons. The molecule has 10 nitrogen and oxygen atoms in total. The molecule has 2 aromatic carbocycles. The van der Waals surface area contributed by atoms with Crippen LogP contribution in [0.25, 0.3) is 10.9 Å². The molecule has 0 aliphatic carbocycles. The van der Waals surface area contributed by atoms with E-state index >= 15 is 0 Å². The standard InChI is InChI=1S/C26H30N4O6/c1-16-18(14-27-22(31)15-30-11-3-4-12-30)7-10-20-23(16)25(34)36-26(28-20)29-21(24(32)33)13-17-5-8-19(35-2)9-6-17/h5-10,21H,3-4,11-15H2,1-2H3,(H,27,31)(H,28,29)(H,32,33)/t21-/m0/s1. The predicted octanol–water partition coefficient (Wildman–Crippen LogP) is 2.32. The van der Waals surface area contributed by atoms with Gasteiger partial charge < -0.3 is 24.9 Å². The molecular formula is C26H30N4O6. The Bertz CT molecular complexity index is 1300. The number of anilines is 1. The Morgan fingerprint density at radius 3 is 2.56 bits per heavy atom. The summed E-state index contributed by atoms with van der Waals surface area (Å²) in [5, 5.41) is 15.6. The van der Waals surface area contributed by atoms with Gasteiger partial charge in [-0.05, 0) is 67.7 Å². The van der Waals surface area contributed by atoms with Crippen molar-refractivity contribution in [3.05, 3.63) is 63.5 Å². The van der Waals surface area contributed by atoms with E-state index in [0.717, 1.165) is 37.1 Å². The van der Waals surface area contributed by atoms with Crippen molar-refractivity contribution in [1.29, 1.82) is 0 Å². The average Bonchev–Trinajstić information content (AvgIpc) is 3.36. The minimum atomic E-state index is -1.11. The minimum Gasteiger partial charge on any atom is -0.497 e. The molecule has 1 fully saturated rings. The van der Waals surface area contributed by atoms with E-state index in [9.17, 15) is 19.5 Å². The third-order valence-electron chi connectivity index (χ3n) is 6.41. The number of aliphatic carboxylic acids is 1. The van der Waals surface area contributed by atoms with Crippen molar-refractivity contribution in [2.45, 2.75) is 38.8 Å². The minimum absolute atomic E-state index is 0.0577. The Labute approximate surface area is 208 Å². The molecule has 0 spiro atoms. The van der Waals surface area contributed by atoms with Crippen molar-refractivity contribution in [2.24, 2.45) is 0 Å². The van der Waals surface area contributed by atoms with Crippen LogP contribution in [0.2, 0.25) is 0 Å². The molecule has 1 aromatic heterocycles. The van der Waals surface area contributed by atoms with Gasteiger partial charge >= 0.3 is 11.6 Å². The SMILES string of the molecule is COc1ccc(C[C@H](Nc2nc3ccc(CNC(=O)CN4CCCC4)c(C)c3c(=O)o2)C(=O)O)cc1. The first-order chi connectivity index (χ1) is 17.3. The molecule has 10 heteroatoms. The number of nitrogens with zero attached hydrogens (tertiary/aromatic N) is 2. The first-order valence-electron chi connectivity index (χ1n) is 11.9. The second-order valence-corrected chi connectivity index (χ2v) is 8.90. The summed E-state index contributed by atoms with van der Waals surface area (Å²) in [6.07, 6.45) is 2.38. The molecule has 1 aliphatic heterocycles. The van der Waals surface area contributed by atoms with Gasteiger partial charge in [0.1, 0.15) is 11.8 Å². The lowest BCUT2D eigenvalue weighted by Gasteiger charge is -2.16. The number of amides is 1. The second kappa shape index (κ2) is 11.2. The molecule has 0 saturated carbocycles. The Morgan fingerprint density at radius 2 is 1.89 bits per heavy atom. The number of fused-ring (bicyclic) bond motifs is 1. The van der Waals surface area contributed by atoms with Crippen LogP contribution in [0.5, 0.6) is 5.75 Å². The van der Waals surface area contributed by atoms with Crippen molar-refractivity contribution < 1.29 is 23.8 Å². The van der Waals surface area contributed by atoms with Gasteiger partial charge in [-0.2, -0.15) is 4.98 Å². The summed E-state index contributed by atoms with van der Waals surface area (Å²) in [5.41, 5.74) is 1.97. The van der Waals surface area contributed by atoms with Crippen LogP contribution in [0, 0.1) is 6.92 Å². The van der Waals surface area contributed by atoms with Gasteiger partial charge in [-0.25, -0.2) is 9.59 Å². The molecular weight excluding hydrogens is 464 g/mol. The smallest absolute Gasteiger partial charge is 0.348 e. The van der Waals surface area contributed by atoms with E-state index in [-0.39, 0.29) is 24.9 Å². The van der Waals surface area contributed by atoms with Crippen LogP contribution in [0.4, 0.5) is 6.01 Å². The Morgan fingerprint density at radius 1 is 1.17 bits per heavy atom. The van der Waals surface area contributed by atoms with Crippen molar-refractivity contribution in [1.82, 2.24) is 15.2 Å². The molecule has 0 radical (unpaired) electrons. The molecule has 1 saturated heterocycles. The molecule has 2 heterocycles. The highest BCUT2D eigenvalue weighted by Gasteiger charge is 2.21. The number of carboxylic acids is 1. The Hall–Kier alpha value is -3.92. The van der Waals surface area contributed by atoms with Crippen molar-refractivity contribution >= 4 is 28.8 Å². The lowest BCUT2D eigenvalue weighted by Crippen LogP contribution is -2.35. The maximum atomic E-state index is 12.8. The number of hydrogen-bond donors (Lipinski definition) is 3. The van der Waals surface area contributed by atoms with Gasteiger partial charge in [-0.15, -0.1) is 0 Å². The number of aryl methyl sites for hydroxylation is 1. The van der Waals surface area contributed by atoms with E-state index in [1.165, 1.54) is 0 Å². The number of aromatic nitrogens is 1. The van der Waals surface area contributed by atoms with Crippen molar-refractivity contribution in [3.8, 4) is 5.75 Å². The number of ether oxygens (including phenoxy) is 1. The fourth-order valence-electron chi connectivity index (χ4n) is 4.36. The van der Waals surface area contributed by atoms with Crippen LogP contribution >= 0.6 is 0 Å². The van der Waals surface area contributed by atoms with Crippen LogP contribution in [0.1, 0.15) is 29.5 Å². The molecule has 0 bridgehead atoms. The fourth-order valence-corrected chi connectivity index (χ4v) is 4.36. The van der Waals surface area contributed by atoms with Gasteiger partial charge in [-0.3, -0.25) is 9.69 Å². The third kappa shape index (κ3) is 6.01. The molecule has 3 N–H and O–H groups in total. The summed E-state index contributed by atoms with van der Waals surface area (Å²) in [5.74, 6) is -0.495. The van der Waals surface area contributed by atoms with E-state index in [2.05, 4.69) is 20.5 Å².